The topological polar surface area (TPSA) is 12.0 Å². The Morgan fingerprint density at radius 3 is 2.31 bits per heavy atom. The summed E-state index contributed by atoms with van der Waals surface area (Å²) in [6.07, 6.45) is 2.16. The molecule has 0 spiro atoms. The highest BCUT2D eigenvalue weighted by Crippen LogP contribution is 2.23. The summed E-state index contributed by atoms with van der Waals surface area (Å²) in [5.74, 6) is 0. The normalized spacial score (nSPS) is 14.0. The first-order valence-electron chi connectivity index (χ1n) is 5.82. The zero-order valence-electron chi connectivity index (χ0n) is 9.24. The Labute approximate surface area is 96.1 Å². The molecule has 80 valence electrons. The predicted molar refractivity (Wildman–Crippen MR) is 67.9 cm³/mol. The summed E-state index contributed by atoms with van der Waals surface area (Å²) in [5.41, 5.74) is 5.63. The van der Waals surface area contributed by atoms with Crippen LogP contribution in [-0.4, -0.2) is 6.54 Å². The zero-order valence-corrected chi connectivity index (χ0v) is 9.24. The van der Waals surface area contributed by atoms with Gasteiger partial charge in [-0.05, 0) is 35.6 Å². The van der Waals surface area contributed by atoms with E-state index in [1.54, 1.807) is 0 Å². The number of benzene rings is 2. The lowest BCUT2D eigenvalue weighted by atomic mass is 9.95. The van der Waals surface area contributed by atoms with E-state index >= 15 is 0 Å². The van der Waals surface area contributed by atoms with Crippen molar-refractivity contribution in [2.45, 2.75) is 12.8 Å². The summed E-state index contributed by atoms with van der Waals surface area (Å²) in [5, 5.41) is 3.51. The molecule has 1 aliphatic rings. The second kappa shape index (κ2) is 4.01. The van der Waals surface area contributed by atoms with Crippen LogP contribution in [0.15, 0.2) is 48.5 Å². The van der Waals surface area contributed by atoms with Gasteiger partial charge in [0.2, 0.25) is 0 Å². The average Bonchev–Trinajstić information content (AvgIpc) is 2.29. The van der Waals surface area contributed by atoms with Crippen molar-refractivity contribution in [1.82, 2.24) is 0 Å². The average molecular weight is 209 g/mol. The van der Waals surface area contributed by atoms with Crippen LogP contribution in [0.3, 0.4) is 0 Å². The molecular formula is C15H15N. The van der Waals surface area contributed by atoms with Crippen LogP contribution in [0.1, 0.15) is 16.7 Å². The first-order chi connectivity index (χ1) is 7.93. The maximum Gasteiger partial charge on any atom is 0.0376 e. The molecule has 0 bridgehead atoms. The van der Waals surface area contributed by atoms with Crippen molar-refractivity contribution in [3.8, 4) is 0 Å². The van der Waals surface area contributed by atoms with E-state index < -0.39 is 0 Å². The van der Waals surface area contributed by atoms with E-state index in [-0.39, 0.29) is 0 Å². The quantitative estimate of drug-likeness (QED) is 0.702. The molecule has 3 rings (SSSR count). The van der Waals surface area contributed by atoms with Gasteiger partial charge in [-0.3, -0.25) is 0 Å². The number of hydrogen-bond acceptors (Lipinski definition) is 1. The first-order valence-corrected chi connectivity index (χ1v) is 5.82. The van der Waals surface area contributed by atoms with Gasteiger partial charge < -0.3 is 5.32 Å². The molecule has 0 fully saturated rings. The van der Waals surface area contributed by atoms with Crippen molar-refractivity contribution in [1.29, 1.82) is 0 Å². The van der Waals surface area contributed by atoms with Crippen LogP contribution in [-0.2, 0) is 12.8 Å². The summed E-state index contributed by atoms with van der Waals surface area (Å²) >= 11 is 0. The molecule has 1 N–H and O–H groups in total. The fourth-order valence-electron chi connectivity index (χ4n) is 2.36. The molecule has 0 amide bonds. The molecule has 0 radical (unpaired) electrons. The first kappa shape index (κ1) is 9.46. The highest BCUT2D eigenvalue weighted by molar-refractivity contribution is 5.54. The minimum atomic E-state index is 1.02. The zero-order chi connectivity index (χ0) is 10.8. The fraction of sp³-hybridized carbons (Fsp3) is 0.200. The van der Waals surface area contributed by atoms with Gasteiger partial charge in [-0.15, -0.1) is 0 Å². The maximum atomic E-state index is 3.51. The van der Waals surface area contributed by atoms with Crippen LogP contribution in [0, 0.1) is 0 Å². The maximum absolute atomic E-state index is 3.51. The number of hydrogen-bond donors (Lipinski definition) is 1. The van der Waals surface area contributed by atoms with Crippen LogP contribution in [0.25, 0.3) is 0 Å². The Morgan fingerprint density at radius 2 is 1.44 bits per heavy atom. The summed E-state index contributed by atoms with van der Waals surface area (Å²) in [6.45, 7) is 1.02. The summed E-state index contributed by atoms with van der Waals surface area (Å²) in [6, 6.07) is 17.4. The highest BCUT2D eigenvalue weighted by atomic mass is 14.9. The Hall–Kier alpha value is -1.76. The van der Waals surface area contributed by atoms with Crippen LogP contribution in [0.2, 0.25) is 0 Å². The minimum absolute atomic E-state index is 1.02. The number of rotatable bonds is 0. The lowest BCUT2D eigenvalue weighted by molar-refractivity contribution is 0.962. The molecular weight excluding hydrogens is 194 g/mol. The molecule has 0 aliphatic carbocycles. The summed E-state index contributed by atoms with van der Waals surface area (Å²) in [7, 11) is 0. The number of fused-ring (bicyclic) bond motifs is 2. The predicted octanol–water partition coefficient (Wildman–Crippen LogP) is 3.25. The van der Waals surface area contributed by atoms with E-state index in [2.05, 4.69) is 53.8 Å². The Kier molecular flexibility index (Phi) is 2.37. The third-order valence-electron chi connectivity index (χ3n) is 3.23. The molecule has 1 heteroatoms. The molecule has 2 aromatic carbocycles. The Bertz CT molecular complexity index is 457. The lowest BCUT2D eigenvalue weighted by Crippen LogP contribution is -2.12. The van der Waals surface area contributed by atoms with Crippen LogP contribution < -0.4 is 5.32 Å². The van der Waals surface area contributed by atoms with Gasteiger partial charge in [-0.2, -0.15) is 0 Å². The standard InChI is InChI=1S/C15H15N/c1-2-6-13-11-14-7-3-4-8-15(14)16-10-9-12(13)5-1/h1-8,16H,9-11H2. The second-order valence-corrected chi connectivity index (χ2v) is 4.28. The van der Waals surface area contributed by atoms with E-state index in [0.717, 1.165) is 19.4 Å². The number of anilines is 1. The van der Waals surface area contributed by atoms with Crippen LogP contribution in [0.5, 0.6) is 0 Å². The van der Waals surface area contributed by atoms with Crippen molar-refractivity contribution in [3.05, 3.63) is 65.2 Å². The number of nitrogens with one attached hydrogen (secondary N) is 1. The monoisotopic (exact) mass is 209 g/mol. The van der Waals surface area contributed by atoms with E-state index in [1.807, 2.05) is 0 Å². The fourth-order valence-corrected chi connectivity index (χ4v) is 2.36. The van der Waals surface area contributed by atoms with Crippen LogP contribution >= 0.6 is 0 Å². The molecule has 0 atom stereocenters. The van der Waals surface area contributed by atoms with Crippen molar-refractivity contribution in [2.24, 2.45) is 0 Å². The second-order valence-electron chi connectivity index (χ2n) is 4.28. The molecule has 1 heterocycles. The van der Waals surface area contributed by atoms with Gasteiger partial charge in [0, 0.05) is 12.2 Å². The molecule has 0 aromatic heterocycles. The van der Waals surface area contributed by atoms with Crippen molar-refractivity contribution in [3.63, 3.8) is 0 Å². The third-order valence-corrected chi connectivity index (χ3v) is 3.23. The molecule has 1 aliphatic heterocycles. The van der Waals surface area contributed by atoms with Gasteiger partial charge in [0.1, 0.15) is 0 Å². The van der Waals surface area contributed by atoms with E-state index in [0.29, 0.717) is 0 Å². The minimum Gasteiger partial charge on any atom is -0.384 e. The van der Waals surface area contributed by atoms with Gasteiger partial charge >= 0.3 is 0 Å². The van der Waals surface area contributed by atoms with Gasteiger partial charge in [0.05, 0.1) is 0 Å². The highest BCUT2D eigenvalue weighted by Gasteiger charge is 2.09. The van der Waals surface area contributed by atoms with Crippen LogP contribution in [0.4, 0.5) is 5.69 Å². The molecule has 0 saturated heterocycles. The molecule has 2 aromatic rings. The SMILES string of the molecule is c1ccc2c(c1)CCNc1ccccc1C2. The summed E-state index contributed by atoms with van der Waals surface area (Å²) < 4.78 is 0. The third kappa shape index (κ3) is 1.69. The van der Waals surface area contributed by atoms with Gasteiger partial charge in [-0.25, -0.2) is 0 Å². The van der Waals surface area contributed by atoms with Gasteiger partial charge in [0.25, 0.3) is 0 Å². The summed E-state index contributed by atoms with van der Waals surface area (Å²) in [4.78, 5) is 0. The lowest BCUT2D eigenvalue weighted by Gasteiger charge is -2.18. The van der Waals surface area contributed by atoms with Crippen molar-refractivity contribution >= 4 is 5.69 Å². The molecule has 0 saturated carbocycles. The molecule has 16 heavy (non-hydrogen) atoms. The van der Waals surface area contributed by atoms with E-state index in [4.69, 9.17) is 0 Å². The molecule has 0 unspecified atom stereocenters. The van der Waals surface area contributed by atoms with Gasteiger partial charge in [-0.1, -0.05) is 42.5 Å². The Balaban J connectivity index is 2.06. The van der Waals surface area contributed by atoms with E-state index in [9.17, 15) is 0 Å². The van der Waals surface area contributed by atoms with E-state index in [1.165, 1.54) is 22.4 Å². The van der Waals surface area contributed by atoms with Crippen molar-refractivity contribution in [2.75, 3.05) is 11.9 Å². The number of para-hydroxylation sites is 1. The largest absolute Gasteiger partial charge is 0.384 e. The molecule has 1 nitrogen and oxygen atoms in total. The smallest absolute Gasteiger partial charge is 0.0376 e. The van der Waals surface area contributed by atoms with Crippen molar-refractivity contribution < 1.29 is 0 Å². The Morgan fingerprint density at radius 1 is 0.750 bits per heavy atom. The van der Waals surface area contributed by atoms with Gasteiger partial charge in [0.15, 0.2) is 0 Å².